The van der Waals surface area contributed by atoms with Crippen LogP contribution in [0.1, 0.15) is 11.1 Å². The molecule has 0 aliphatic heterocycles. The number of aromatic nitrogens is 3. The van der Waals surface area contributed by atoms with Crippen LogP contribution in [-0.4, -0.2) is 15.0 Å². The fourth-order valence-corrected chi connectivity index (χ4v) is 1.90. The summed E-state index contributed by atoms with van der Waals surface area (Å²) in [6.45, 7) is 4.05. The molecule has 4 nitrogen and oxygen atoms in total. The molecule has 1 heterocycles. The number of benzene rings is 1. The molecule has 2 rings (SSSR count). The third kappa shape index (κ3) is 1.94. The van der Waals surface area contributed by atoms with Crippen molar-refractivity contribution in [2.75, 3.05) is 5.73 Å². The van der Waals surface area contributed by atoms with E-state index < -0.39 is 0 Å². The highest BCUT2D eigenvalue weighted by molar-refractivity contribution is 7.71. The van der Waals surface area contributed by atoms with E-state index in [-0.39, 0.29) is 10.7 Å². The van der Waals surface area contributed by atoms with Crippen LogP contribution in [0.15, 0.2) is 18.2 Å². The molecular formula is C11H12N4S. The average molecular weight is 232 g/mol. The predicted molar refractivity (Wildman–Crippen MR) is 66.5 cm³/mol. The summed E-state index contributed by atoms with van der Waals surface area (Å²) in [7, 11) is 0. The first kappa shape index (κ1) is 10.8. The maximum atomic E-state index is 5.62. The average Bonchev–Trinajstić information content (AvgIpc) is 2.15. The van der Waals surface area contributed by atoms with Crippen molar-refractivity contribution in [2.24, 2.45) is 0 Å². The first-order valence-electron chi connectivity index (χ1n) is 4.88. The van der Waals surface area contributed by atoms with Crippen LogP contribution in [0.25, 0.3) is 11.4 Å². The number of nitrogen functional groups attached to an aromatic ring is 1. The van der Waals surface area contributed by atoms with Gasteiger partial charge in [-0.25, -0.2) is 4.98 Å². The summed E-state index contributed by atoms with van der Waals surface area (Å²) >= 11 is 4.95. The quantitative estimate of drug-likeness (QED) is 0.741. The molecular weight excluding hydrogens is 220 g/mol. The van der Waals surface area contributed by atoms with Crippen LogP contribution in [0.4, 0.5) is 5.95 Å². The summed E-state index contributed by atoms with van der Waals surface area (Å²) < 4.78 is 0.258. The van der Waals surface area contributed by atoms with E-state index in [0.717, 1.165) is 16.7 Å². The molecule has 1 aromatic heterocycles. The molecule has 3 N–H and O–H groups in total. The molecule has 2 aromatic rings. The minimum Gasteiger partial charge on any atom is -0.369 e. The van der Waals surface area contributed by atoms with E-state index in [0.29, 0.717) is 5.82 Å². The largest absolute Gasteiger partial charge is 0.369 e. The van der Waals surface area contributed by atoms with Crippen LogP contribution in [0.3, 0.4) is 0 Å². The van der Waals surface area contributed by atoms with Gasteiger partial charge in [-0.15, -0.1) is 0 Å². The van der Waals surface area contributed by atoms with E-state index in [2.05, 4.69) is 15.0 Å². The van der Waals surface area contributed by atoms with E-state index in [1.807, 2.05) is 32.0 Å². The zero-order valence-electron chi connectivity index (χ0n) is 9.11. The standard InChI is InChI=1S/C11H12N4S/c1-6-4-3-5-7(2)8(6)9-13-10(12)15-11(16)14-9/h3-5H,1-2H3,(H3,12,13,14,15,16). The second-order valence-corrected chi connectivity index (χ2v) is 4.00. The number of nitrogens with zero attached hydrogens (tertiary/aromatic N) is 2. The van der Waals surface area contributed by atoms with Gasteiger partial charge in [-0.2, -0.15) is 4.98 Å². The van der Waals surface area contributed by atoms with Crippen molar-refractivity contribution in [2.45, 2.75) is 13.8 Å². The van der Waals surface area contributed by atoms with Gasteiger partial charge in [-0.05, 0) is 37.2 Å². The molecule has 0 saturated heterocycles. The van der Waals surface area contributed by atoms with Gasteiger partial charge in [0.1, 0.15) is 5.82 Å². The Kier molecular flexibility index (Phi) is 2.70. The van der Waals surface area contributed by atoms with E-state index in [1.54, 1.807) is 0 Å². The molecule has 5 heteroatoms. The smallest absolute Gasteiger partial charge is 0.224 e. The van der Waals surface area contributed by atoms with Crippen molar-refractivity contribution in [1.29, 1.82) is 0 Å². The molecule has 0 aliphatic rings. The maximum absolute atomic E-state index is 5.62. The molecule has 0 bridgehead atoms. The number of aromatic amines is 1. The van der Waals surface area contributed by atoms with Crippen molar-refractivity contribution in [3.05, 3.63) is 34.1 Å². The van der Waals surface area contributed by atoms with Crippen molar-refractivity contribution in [3.8, 4) is 11.4 Å². The third-order valence-corrected chi connectivity index (χ3v) is 2.57. The second kappa shape index (κ2) is 4.02. The fraction of sp³-hybridized carbons (Fsp3) is 0.182. The van der Waals surface area contributed by atoms with E-state index in [1.165, 1.54) is 0 Å². The van der Waals surface area contributed by atoms with Crippen LogP contribution in [-0.2, 0) is 0 Å². The molecule has 1 aromatic carbocycles. The summed E-state index contributed by atoms with van der Waals surface area (Å²) in [4.78, 5) is 11.0. The lowest BCUT2D eigenvalue weighted by molar-refractivity contribution is 1.04. The van der Waals surface area contributed by atoms with Crippen molar-refractivity contribution in [1.82, 2.24) is 15.0 Å². The van der Waals surface area contributed by atoms with Crippen LogP contribution in [0.5, 0.6) is 0 Å². The number of hydrogen-bond donors (Lipinski definition) is 2. The summed E-state index contributed by atoms with van der Waals surface area (Å²) in [6.07, 6.45) is 0. The van der Waals surface area contributed by atoms with Crippen molar-refractivity contribution in [3.63, 3.8) is 0 Å². The van der Waals surface area contributed by atoms with Crippen LogP contribution in [0, 0.1) is 18.6 Å². The number of anilines is 1. The van der Waals surface area contributed by atoms with Gasteiger partial charge >= 0.3 is 0 Å². The van der Waals surface area contributed by atoms with E-state index in [4.69, 9.17) is 18.0 Å². The zero-order valence-corrected chi connectivity index (χ0v) is 9.93. The zero-order chi connectivity index (χ0) is 11.7. The molecule has 0 saturated carbocycles. The number of aryl methyl sites for hydroxylation is 2. The molecule has 0 atom stereocenters. The van der Waals surface area contributed by atoms with E-state index in [9.17, 15) is 0 Å². The highest BCUT2D eigenvalue weighted by Gasteiger charge is 2.07. The van der Waals surface area contributed by atoms with Crippen molar-refractivity contribution < 1.29 is 0 Å². The Bertz CT molecular complexity index is 569. The van der Waals surface area contributed by atoms with Crippen LogP contribution < -0.4 is 5.73 Å². The van der Waals surface area contributed by atoms with Gasteiger partial charge in [-0.1, -0.05) is 18.2 Å². The predicted octanol–water partition coefficient (Wildman–Crippen LogP) is 2.40. The van der Waals surface area contributed by atoms with Gasteiger partial charge in [0.2, 0.25) is 10.7 Å². The molecule has 82 valence electrons. The minimum atomic E-state index is 0.258. The Morgan fingerprint density at radius 1 is 1.19 bits per heavy atom. The first-order valence-corrected chi connectivity index (χ1v) is 5.29. The Morgan fingerprint density at radius 3 is 2.38 bits per heavy atom. The topological polar surface area (TPSA) is 67.6 Å². The lowest BCUT2D eigenvalue weighted by Crippen LogP contribution is -2.01. The Hall–Kier alpha value is -1.75. The maximum Gasteiger partial charge on any atom is 0.224 e. The molecule has 0 fully saturated rings. The summed E-state index contributed by atoms with van der Waals surface area (Å²) in [6, 6.07) is 6.06. The van der Waals surface area contributed by atoms with Gasteiger partial charge in [0.05, 0.1) is 0 Å². The minimum absolute atomic E-state index is 0.258. The van der Waals surface area contributed by atoms with E-state index >= 15 is 0 Å². The summed E-state index contributed by atoms with van der Waals surface area (Å²) in [5, 5.41) is 0. The number of hydrogen-bond acceptors (Lipinski definition) is 4. The first-order chi connectivity index (χ1) is 7.58. The Labute approximate surface area is 98.6 Å². The van der Waals surface area contributed by atoms with Gasteiger partial charge < -0.3 is 10.7 Å². The second-order valence-electron chi connectivity index (χ2n) is 3.63. The normalized spacial score (nSPS) is 10.4. The summed E-state index contributed by atoms with van der Waals surface area (Å²) in [5.41, 5.74) is 8.91. The Balaban J connectivity index is 2.72. The molecule has 16 heavy (non-hydrogen) atoms. The molecule has 0 aliphatic carbocycles. The number of nitrogens with two attached hydrogens (primary N) is 1. The van der Waals surface area contributed by atoms with Gasteiger partial charge in [0, 0.05) is 5.56 Å². The van der Waals surface area contributed by atoms with Crippen LogP contribution in [0.2, 0.25) is 0 Å². The van der Waals surface area contributed by atoms with Crippen molar-refractivity contribution >= 4 is 18.2 Å². The number of rotatable bonds is 1. The molecule has 0 radical (unpaired) electrons. The fourth-order valence-electron chi connectivity index (χ4n) is 1.71. The molecule has 0 unspecified atom stereocenters. The van der Waals surface area contributed by atoms with Gasteiger partial charge in [0.25, 0.3) is 0 Å². The number of H-pyrrole nitrogens is 1. The molecule has 0 spiro atoms. The van der Waals surface area contributed by atoms with Crippen LogP contribution >= 0.6 is 12.2 Å². The SMILES string of the molecule is Cc1cccc(C)c1-c1nc(=S)nc(N)[nH]1. The van der Waals surface area contributed by atoms with Gasteiger partial charge in [0.15, 0.2) is 0 Å². The number of nitrogens with one attached hydrogen (secondary N) is 1. The highest BCUT2D eigenvalue weighted by Crippen LogP contribution is 2.23. The van der Waals surface area contributed by atoms with Gasteiger partial charge in [-0.3, -0.25) is 0 Å². The Morgan fingerprint density at radius 2 is 1.81 bits per heavy atom. The highest BCUT2D eigenvalue weighted by atomic mass is 32.1. The lowest BCUT2D eigenvalue weighted by Gasteiger charge is -2.08. The monoisotopic (exact) mass is 232 g/mol. The molecule has 0 amide bonds. The third-order valence-electron chi connectivity index (χ3n) is 2.39. The summed E-state index contributed by atoms with van der Waals surface area (Å²) in [5.74, 6) is 0.964. The lowest BCUT2D eigenvalue weighted by atomic mass is 10.0.